The maximum atomic E-state index is 13.9. The lowest BCUT2D eigenvalue weighted by Crippen LogP contribution is -2.15. The number of benzene rings is 1. The average molecular weight is 281 g/mol. The number of halogens is 2. The van der Waals surface area contributed by atoms with Crippen LogP contribution in [0.3, 0.4) is 0 Å². The van der Waals surface area contributed by atoms with E-state index in [9.17, 15) is 8.78 Å². The largest absolute Gasteiger partial charge is 0.309 e. The smallest absolute Gasteiger partial charge is 0.143 e. The van der Waals surface area contributed by atoms with Crippen LogP contribution in [0.5, 0.6) is 0 Å². The van der Waals surface area contributed by atoms with Crippen molar-refractivity contribution in [3.63, 3.8) is 0 Å². The second-order valence-corrected chi connectivity index (χ2v) is 6.62. The van der Waals surface area contributed by atoms with Gasteiger partial charge in [-0.2, -0.15) is 0 Å². The van der Waals surface area contributed by atoms with Gasteiger partial charge in [-0.15, -0.1) is 11.3 Å². The van der Waals surface area contributed by atoms with Gasteiger partial charge >= 0.3 is 0 Å². The first-order valence-electron chi connectivity index (χ1n) is 6.70. The van der Waals surface area contributed by atoms with Crippen LogP contribution in [0.15, 0.2) is 12.1 Å². The zero-order chi connectivity index (χ0) is 13.6. The van der Waals surface area contributed by atoms with Gasteiger partial charge in [0.1, 0.15) is 11.6 Å². The number of fused-ring (bicyclic) bond motifs is 1. The lowest BCUT2D eigenvalue weighted by Gasteiger charge is -2.09. The molecule has 1 heterocycles. The summed E-state index contributed by atoms with van der Waals surface area (Å²) in [5, 5.41) is 4.20. The third kappa shape index (κ3) is 2.51. The fourth-order valence-corrected chi connectivity index (χ4v) is 3.77. The molecular formula is C15H17F2NS. The molecule has 1 aliphatic rings. The first-order valence-corrected chi connectivity index (χ1v) is 7.51. The van der Waals surface area contributed by atoms with Crippen molar-refractivity contribution in [2.75, 3.05) is 0 Å². The third-order valence-corrected chi connectivity index (χ3v) is 4.76. The lowest BCUT2D eigenvalue weighted by molar-refractivity contribution is 0.593. The summed E-state index contributed by atoms with van der Waals surface area (Å²) < 4.78 is 27.9. The molecule has 0 aliphatic heterocycles. The molecule has 0 amide bonds. The first kappa shape index (κ1) is 13.0. The molecule has 1 nitrogen and oxygen atoms in total. The Morgan fingerprint density at radius 1 is 1.32 bits per heavy atom. The van der Waals surface area contributed by atoms with Gasteiger partial charge in [-0.1, -0.05) is 13.8 Å². The quantitative estimate of drug-likeness (QED) is 0.866. The highest BCUT2D eigenvalue weighted by molar-refractivity contribution is 7.19. The number of hydrogen-bond donors (Lipinski definition) is 1. The number of rotatable bonds is 4. The van der Waals surface area contributed by atoms with Crippen LogP contribution in [-0.2, 0) is 6.54 Å². The molecule has 1 saturated carbocycles. The first-order chi connectivity index (χ1) is 9.06. The van der Waals surface area contributed by atoms with Gasteiger partial charge in [-0.3, -0.25) is 0 Å². The summed E-state index contributed by atoms with van der Waals surface area (Å²) >= 11 is 1.45. The lowest BCUT2D eigenvalue weighted by atomic mass is 9.99. The Bertz CT molecular complexity index is 614. The van der Waals surface area contributed by atoms with Gasteiger partial charge in [0.15, 0.2) is 0 Å². The van der Waals surface area contributed by atoms with E-state index in [2.05, 4.69) is 19.2 Å². The fourth-order valence-electron chi connectivity index (χ4n) is 2.48. The highest BCUT2D eigenvalue weighted by atomic mass is 32.1. The van der Waals surface area contributed by atoms with Gasteiger partial charge in [-0.25, -0.2) is 8.78 Å². The average Bonchev–Trinajstić information content (AvgIpc) is 3.07. The van der Waals surface area contributed by atoms with E-state index in [1.807, 2.05) is 0 Å². The molecule has 0 radical (unpaired) electrons. The van der Waals surface area contributed by atoms with Crippen molar-refractivity contribution in [2.45, 2.75) is 45.2 Å². The molecule has 19 heavy (non-hydrogen) atoms. The van der Waals surface area contributed by atoms with Crippen molar-refractivity contribution in [2.24, 2.45) is 0 Å². The highest BCUT2D eigenvalue weighted by Crippen LogP contribution is 2.38. The van der Waals surface area contributed by atoms with Crippen molar-refractivity contribution < 1.29 is 8.78 Å². The van der Waals surface area contributed by atoms with Gasteiger partial charge in [0.05, 0.1) is 4.70 Å². The molecular weight excluding hydrogens is 264 g/mol. The molecule has 1 N–H and O–H groups in total. The molecule has 1 fully saturated rings. The van der Waals surface area contributed by atoms with Gasteiger partial charge in [0, 0.05) is 28.9 Å². The van der Waals surface area contributed by atoms with Crippen LogP contribution in [-0.4, -0.2) is 6.04 Å². The van der Waals surface area contributed by atoms with E-state index in [-0.39, 0.29) is 5.92 Å². The summed E-state index contributed by atoms with van der Waals surface area (Å²) in [6.07, 6.45) is 2.45. The van der Waals surface area contributed by atoms with Gasteiger partial charge in [0.2, 0.25) is 0 Å². The van der Waals surface area contributed by atoms with Crippen LogP contribution in [0.1, 0.15) is 43.0 Å². The van der Waals surface area contributed by atoms with Gasteiger partial charge in [0.25, 0.3) is 0 Å². The Morgan fingerprint density at radius 3 is 2.68 bits per heavy atom. The second kappa shape index (κ2) is 4.84. The highest BCUT2D eigenvalue weighted by Gasteiger charge is 2.23. The minimum Gasteiger partial charge on any atom is -0.309 e. The van der Waals surface area contributed by atoms with E-state index in [4.69, 9.17) is 0 Å². The third-order valence-electron chi connectivity index (χ3n) is 3.53. The Morgan fingerprint density at radius 2 is 2.05 bits per heavy atom. The van der Waals surface area contributed by atoms with Crippen molar-refractivity contribution in [3.05, 3.63) is 34.2 Å². The van der Waals surface area contributed by atoms with Crippen molar-refractivity contribution in [3.8, 4) is 0 Å². The van der Waals surface area contributed by atoms with Crippen LogP contribution in [0.4, 0.5) is 8.78 Å². The molecule has 102 valence electrons. The van der Waals surface area contributed by atoms with E-state index >= 15 is 0 Å². The predicted octanol–water partition coefficient (Wildman–Crippen LogP) is 4.55. The van der Waals surface area contributed by atoms with E-state index in [1.165, 1.54) is 30.2 Å². The zero-order valence-corrected chi connectivity index (χ0v) is 11.9. The second-order valence-electron chi connectivity index (χ2n) is 5.51. The van der Waals surface area contributed by atoms with E-state index in [1.54, 1.807) is 0 Å². The van der Waals surface area contributed by atoms with Crippen LogP contribution in [0.2, 0.25) is 0 Å². The summed E-state index contributed by atoms with van der Waals surface area (Å²) in [6.45, 7) is 4.91. The summed E-state index contributed by atoms with van der Waals surface area (Å²) in [6, 6.07) is 3.05. The molecule has 0 spiro atoms. The topological polar surface area (TPSA) is 12.0 Å². The molecule has 1 aromatic carbocycles. The van der Waals surface area contributed by atoms with Gasteiger partial charge in [-0.05, 0) is 30.4 Å². The zero-order valence-electron chi connectivity index (χ0n) is 11.1. The normalized spacial score (nSPS) is 15.6. The number of hydrogen-bond acceptors (Lipinski definition) is 2. The fraction of sp³-hybridized carbons (Fsp3) is 0.467. The minimum atomic E-state index is -0.494. The summed E-state index contributed by atoms with van der Waals surface area (Å²) in [7, 11) is 0. The maximum Gasteiger partial charge on any atom is 0.143 e. The summed E-state index contributed by atoms with van der Waals surface area (Å²) in [5.74, 6) is -0.670. The SMILES string of the molecule is CC(C)c1c(CNC2CC2)sc2c(F)cc(F)cc12. The van der Waals surface area contributed by atoms with Crippen molar-refractivity contribution >= 4 is 21.4 Å². The number of thiophene rings is 1. The molecule has 1 aliphatic carbocycles. The Hall–Kier alpha value is -1.00. The molecule has 1 aromatic heterocycles. The maximum absolute atomic E-state index is 13.9. The van der Waals surface area contributed by atoms with Crippen molar-refractivity contribution in [1.82, 2.24) is 5.32 Å². The minimum absolute atomic E-state index is 0.269. The molecule has 0 bridgehead atoms. The molecule has 0 atom stereocenters. The van der Waals surface area contributed by atoms with Crippen LogP contribution >= 0.6 is 11.3 Å². The Kier molecular flexibility index (Phi) is 3.31. The van der Waals surface area contributed by atoms with Crippen LogP contribution < -0.4 is 5.32 Å². The molecule has 4 heteroatoms. The standard InChI is InChI=1S/C15H17F2NS/c1-8(2)14-11-5-9(16)6-12(17)15(11)19-13(14)7-18-10-3-4-10/h5-6,8,10,18H,3-4,7H2,1-2H3. The van der Waals surface area contributed by atoms with Gasteiger partial charge < -0.3 is 5.32 Å². The predicted molar refractivity (Wildman–Crippen MR) is 75.7 cm³/mol. The Balaban J connectivity index is 2.08. The summed E-state index contributed by atoms with van der Waals surface area (Å²) in [4.78, 5) is 1.14. The van der Waals surface area contributed by atoms with Crippen molar-refractivity contribution in [1.29, 1.82) is 0 Å². The molecule has 0 saturated heterocycles. The summed E-state index contributed by atoms with van der Waals surface area (Å²) in [5.41, 5.74) is 1.09. The Labute approximate surface area is 115 Å². The van der Waals surface area contributed by atoms with E-state index in [0.717, 1.165) is 28.4 Å². The van der Waals surface area contributed by atoms with E-state index in [0.29, 0.717) is 10.7 Å². The van der Waals surface area contributed by atoms with E-state index < -0.39 is 11.6 Å². The van der Waals surface area contributed by atoms with Crippen LogP contribution in [0, 0.1) is 11.6 Å². The monoisotopic (exact) mass is 281 g/mol. The number of nitrogens with one attached hydrogen (secondary N) is 1. The molecule has 0 unspecified atom stereocenters. The molecule has 3 rings (SSSR count). The molecule has 2 aromatic rings. The van der Waals surface area contributed by atoms with Crippen LogP contribution in [0.25, 0.3) is 10.1 Å².